The van der Waals surface area contributed by atoms with Gasteiger partial charge in [0.05, 0.1) is 13.2 Å². The fourth-order valence-electron chi connectivity index (χ4n) is 0.483. The van der Waals surface area contributed by atoms with Gasteiger partial charge < -0.3 is 9.47 Å². The summed E-state index contributed by atoms with van der Waals surface area (Å²) in [6, 6.07) is 0. The van der Waals surface area contributed by atoms with Gasteiger partial charge in [0.1, 0.15) is 6.10 Å². The molecule has 1 unspecified atom stereocenters. The molecule has 0 bridgehead atoms. The van der Waals surface area contributed by atoms with Crippen molar-refractivity contribution in [1.82, 2.24) is 0 Å². The Kier molecular flexibility index (Phi) is 5.93. The predicted molar refractivity (Wildman–Crippen MR) is 32.8 cm³/mol. The van der Waals surface area contributed by atoms with E-state index in [1.807, 2.05) is 6.92 Å². The van der Waals surface area contributed by atoms with Crippen molar-refractivity contribution in [3.05, 3.63) is 0 Å². The summed E-state index contributed by atoms with van der Waals surface area (Å²) in [6.45, 7) is 2.95. The molecule has 0 aliphatic carbocycles. The Bertz CT molecular complexity index is 56.3. The zero-order chi connectivity index (χ0) is 7.11. The van der Waals surface area contributed by atoms with E-state index in [2.05, 4.69) is 4.74 Å². The summed E-state index contributed by atoms with van der Waals surface area (Å²) >= 11 is 0. The molecule has 0 spiro atoms. The third-order valence-electron chi connectivity index (χ3n) is 0.860. The lowest BCUT2D eigenvalue weighted by molar-refractivity contribution is -0.0395. The molecule has 0 fully saturated rings. The maximum Gasteiger partial charge on any atom is 0.139 e. The minimum atomic E-state index is -0.727. The van der Waals surface area contributed by atoms with E-state index < -0.39 is 6.10 Å². The molecule has 0 rings (SSSR count). The quantitative estimate of drug-likeness (QED) is 0.546. The SMILES string of the molecule is CCOCC([O])COC. The summed E-state index contributed by atoms with van der Waals surface area (Å²) in [5, 5.41) is 10.6. The Morgan fingerprint density at radius 2 is 2.11 bits per heavy atom. The molecule has 0 aromatic carbocycles. The molecular weight excluding hydrogens is 120 g/mol. The molecule has 0 aromatic heterocycles. The van der Waals surface area contributed by atoms with E-state index in [1.165, 1.54) is 7.11 Å². The second kappa shape index (κ2) is 6.01. The topological polar surface area (TPSA) is 38.4 Å². The largest absolute Gasteiger partial charge is 0.382 e. The van der Waals surface area contributed by atoms with E-state index in [1.54, 1.807) is 0 Å². The lowest BCUT2D eigenvalue weighted by Crippen LogP contribution is -2.19. The lowest BCUT2D eigenvalue weighted by atomic mass is 10.4. The van der Waals surface area contributed by atoms with Crippen LogP contribution in [-0.4, -0.2) is 33.0 Å². The number of hydrogen-bond acceptors (Lipinski definition) is 2. The van der Waals surface area contributed by atoms with Crippen molar-refractivity contribution in [2.75, 3.05) is 26.9 Å². The molecule has 3 heteroatoms. The van der Waals surface area contributed by atoms with Gasteiger partial charge in [-0.1, -0.05) is 0 Å². The second-order valence-electron chi connectivity index (χ2n) is 1.74. The van der Waals surface area contributed by atoms with Crippen molar-refractivity contribution in [2.24, 2.45) is 0 Å². The number of rotatable bonds is 5. The molecular formula is C6H13O3. The van der Waals surface area contributed by atoms with Crippen molar-refractivity contribution < 1.29 is 14.6 Å². The first-order valence-corrected chi connectivity index (χ1v) is 3.03. The summed E-state index contributed by atoms with van der Waals surface area (Å²) < 4.78 is 9.46. The lowest BCUT2D eigenvalue weighted by Gasteiger charge is -2.05. The minimum absolute atomic E-state index is 0.236. The monoisotopic (exact) mass is 133 g/mol. The normalized spacial score (nSPS) is 13.7. The number of ether oxygens (including phenoxy) is 2. The first-order valence-electron chi connectivity index (χ1n) is 3.03. The van der Waals surface area contributed by atoms with E-state index in [-0.39, 0.29) is 13.2 Å². The van der Waals surface area contributed by atoms with Crippen LogP contribution in [0.25, 0.3) is 0 Å². The van der Waals surface area contributed by atoms with Crippen molar-refractivity contribution >= 4 is 0 Å². The van der Waals surface area contributed by atoms with Crippen molar-refractivity contribution in [2.45, 2.75) is 13.0 Å². The van der Waals surface area contributed by atoms with Crippen LogP contribution in [-0.2, 0) is 14.6 Å². The Morgan fingerprint density at radius 1 is 1.44 bits per heavy atom. The minimum Gasteiger partial charge on any atom is -0.382 e. The zero-order valence-corrected chi connectivity index (χ0v) is 5.92. The number of hydrogen-bond donors (Lipinski definition) is 0. The van der Waals surface area contributed by atoms with Gasteiger partial charge in [-0.05, 0) is 6.92 Å². The van der Waals surface area contributed by atoms with Gasteiger partial charge in [0.2, 0.25) is 0 Å². The molecule has 0 aliphatic rings. The molecule has 0 aromatic rings. The van der Waals surface area contributed by atoms with Gasteiger partial charge in [-0.15, -0.1) is 0 Å². The fourth-order valence-corrected chi connectivity index (χ4v) is 0.483. The molecule has 0 N–H and O–H groups in total. The van der Waals surface area contributed by atoms with Crippen LogP contribution >= 0.6 is 0 Å². The Hall–Kier alpha value is -0.120. The van der Waals surface area contributed by atoms with Crippen LogP contribution in [0.2, 0.25) is 0 Å². The Labute approximate surface area is 55.6 Å². The molecule has 9 heavy (non-hydrogen) atoms. The third kappa shape index (κ3) is 5.76. The van der Waals surface area contributed by atoms with E-state index in [0.29, 0.717) is 6.61 Å². The predicted octanol–water partition coefficient (Wildman–Crippen LogP) is 0.468. The Morgan fingerprint density at radius 3 is 2.56 bits per heavy atom. The highest BCUT2D eigenvalue weighted by Crippen LogP contribution is 1.85. The van der Waals surface area contributed by atoms with Crippen LogP contribution in [0.3, 0.4) is 0 Å². The maximum absolute atomic E-state index is 10.6. The van der Waals surface area contributed by atoms with Gasteiger partial charge in [0, 0.05) is 13.7 Å². The smallest absolute Gasteiger partial charge is 0.139 e. The molecule has 3 nitrogen and oxygen atoms in total. The van der Waals surface area contributed by atoms with E-state index in [4.69, 9.17) is 4.74 Å². The summed E-state index contributed by atoms with van der Waals surface area (Å²) in [4.78, 5) is 0. The first-order chi connectivity index (χ1) is 4.31. The van der Waals surface area contributed by atoms with Crippen molar-refractivity contribution in [3.63, 3.8) is 0 Å². The highest BCUT2D eigenvalue weighted by atomic mass is 16.5. The summed E-state index contributed by atoms with van der Waals surface area (Å²) in [7, 11) is 1.51. The molecule has 0 saturated carbocycles. The van der Waals surface area contributed by atoms with E-state index in [0.717, 1.165) is 0 Å². The van der Waals surface area contributed by atoms with Crippen molar-refractivity contribution in [3.8, 4) is 0 Å². The molecule has 1 radical (unpaired) electrons. The second-order valence-corrected chi connectivity index (χ2v) is 1.74. The van der Waals surface area contributed by atoms with Crippen LogP contribution in [0.5, 0.6) is 0 Å². The molecule has 0 aliphatic heterocycles. The van der Waals surface area contributed by atoms with Crippen LogP contribution in [0.4, 0.5) is 0 Å². The molecule has 0 saturated heterocycles. The Balaban J connectivity index is 2.95. The average Bonchev–Trinajstić information content (AvgIpc) is 1.85. The standard InChI is InChI=1S/C6H13O3/c1-3-9-5-6(7)4-8-2/h6H,3-5H2,1-2H3. The van der Waals surface area contributed by atoms with Crippen LogP contribution in [0.1, 0.15) is 6.92 Å². The fraction of sp³-hybridized carbons (Fsp3) is 1.00. The maximum atomic E-state index is 10.6. The zero-order valence-electron chi connectivity index (χ0n) is 5.92. The van der Waals surface area contributed by atoms with Gasteiger partial charge in [-0.3, -0.25) is 0 Å². The first kappa shape index (κ1) is 8.88. The highest BCUT2D eigenvalue weighted by Gasteiger charge is 2.03. The third-order valence-corrected chi connectivity index (χ3v) is 0.860. The van der Waals surface area contributed by atoms with Gasteiger partial charge in [0.15, 0.2) is 0 Å². The van der Waals surface area contributed by atoms with Gasteiger partial charge >= 0.3 is 0 Å². The van der Waals surface area contributed by atoms with Crippen LogP contribution in [0, 0.1) is 0 Å². The van der Waals surface area contributed by atoms with Crippen LogP contribution < -0.4 is 0 Å². The van der Waals surface area contributed by atoms with Crippen molar-refractivity contribution in [1.29, 1.82) is 0 Å². The molecule has 0 amide bonds. The van der Waals surface area contributed by atoms with Gasteiger partial charge in [0.25, 0.3) is 0 Å². The highest BCUT2D eigenvalue weighted by molar-refractivity contribution is 4.48. The van der Waals surface area contributed by atoms with E-state index in [9.17, 15) is 5.11 Å². The van der Waals surface area contributed by atoms with E-state index >= 15 is 0 Å². The molecule has 0 heterocycles. The molecule has 55 valence electrons. The molecule has 1 atom stereocenters. The summed E-state index contributed by atoms with van der Waals surface area (Å²) in [6.07, 6.45) is -0.727. The van der Waals surface area contributed by atoms with Gasteiger partial charge in [-0.25, -0.2) is 5.11 Å². The van der Waals surface area contributed by atoms with Gasteiger partial charge in [-0.2, -0.15) is 0 Å². The number of methoxy groups -OCH3 is 1. The van der Waals surface area contributed by atoms with Crippen LogP contribution in [0.15, 0.2) is 0 Å². The average molecular weight is 133 g/mol. The summed E-state index contributed by atoms with van der Waals surface area (Å²) in [5.74, 6) is 0. The summed E-state index contributed by atoms with van der Waals surface area (Å²) in [5.41, 5.74) is 0.